The van der Waals surface area contributed by atoms with Crippen LogP contribution >= 0.6 is 15.9 Å². The minimum atomic E-state index is -0.168. The second-order valence-electron chi connectivity index (χ2n) is 14.3. The standard InChI is InChI=1S/C21H19N5O.C14H12BrN3.C6H8N2/c1-21(2)15-11-24-26-18(15)19-17(21)14-9-12(6-7-16(14)25-19)20(27)23-10-13-5-3-4-8-22-13;1-14(2)9-6-16-18-12(9)13-11(14)8-5-7(15)3-4-10(8)17-13;7-5-6-3-1-2-4-8-6/h3-9,11,25H,10H2,1-2H3,(H,23,27)(H,24,26);3-6,17H,1-2H3,(H,16,18);1-4H,5,7H2. The van der Waals surface area contributed by atoms with Gasteiger partial charge in [-0.15, -0.1) is 0 Å². The highest BCUT2D eigenvalue weighted by Crippen LogP contribution is 2.51. The Morgan fingerprint density at radius 2 is 1.26 bits per heavy atom. The number of hydrogen-bond acceptors (Lipinski definition) is 6. The van der Waals surface area contributed by atoms with Crippen molar-refractivity contribution in [2.45, 2.75) is 51.6 Å². The number of fused-ring (bicyclic) bond motifs is 10. The fraction of sp³-hybridized carbons (Fsp3) is 0.195. The highest BCUT2D eigenvalue weighted by atomic mass is 79.9. The van der Waals surface area contributed by atoms with E-state index in [-0.39, 0.29) is 16.7 Å². The lowest BCUT2D eigenvalue weighted by Crippen LogP contribution is -2.23. The number of halogens is 1. The van der Waals surface area contributed by atoms with E-state index in [1.165, 1.54) is 38.9 Å². The maximum Gasteiger partial charge on any atom is 0.251 e. The van der Waals surface area contributed by atoms with E-state index in [9.17, 15) is 4.79 Å². The van der Waals surface area contributed by atoms with Crippen LogP contribution < -0.4 is 11.1 Å². The number of aromatic nitrogens is 8. The average molecular weight is 768 g/mol. The fourth-order valence-electron chi connectivity index (χ4n) is 7.64. The smallest absolute Gasteiger partial charge is 0.251 e. The molecule has 0 unspecified atom stereocenters. The van der Waals surface area contributed by atoms with Crippen LogP contribution in [0.2, 0.25) is 0 Å². The van der Waals surface area contributed by atoms with Gasteiger partial charge in [-0.1, -0.05) is 55.8 Å². The SMILES string of the molecule is CC1(C)c2cn[nH]c2-c2[nH]c3ccc(Br)cc3c21.CC1(C)c2cn[nH]c2-c2[nH]c3ccc(C(=O)NCc4ccccn4)cc3c21.NCc1ccccn1. The first kappa shape index (κ1) is 34.2. The van der Waals surface area contributed by atoms with Crippen molar-refractivity contribution in [1.82, 2.24) is 45.6 Å². The van der Waals surface area contributed by atoms with Gasteiger partial charge in [0.1, 0.15) is 0 Å². The van der Waals surface area contributed by atoms with E-state index in [1.807, 2.05) is 67.0 Å². The molecule has 0 saturated heterocycles. The van der Waals surface area contributed by atoms with Crippen molar-refractivity contribution in [3.05, 3.63) is 141 Å². The molecule has 2 aliphatic rings. The number of pyridine rings is 2. The molecule has 0 aliphatic heterocycles. The Morgan fingerprint density at radius 3 is 1.79 bits per heavy atom. The molecule has 53 heavy (non-hydrogen) atoms. The number of nitrogens with two attached hydrogens (primary N) is 1. The lowest BCUT2D eigenvalue weighted by atomic mass is 9.82. The van der Waals surface area contributed by atoms with Crippen LogP contribution in [0.4, 0.5) is 0 Å². The Morgan fingerprint density at radius 1 is 0.717 bits per heavy atom. The van der Waals surface area contributed by atoms with Crippen molar-refractivity contribution < 1.29 is 4.79 Å². The highest BCUT2D eigenvalue weighted by molar-refractivity contribution is 9.10. The minimum Gasteiger partial charge on any atom is -0.353 e. The molecule has 6 heterocycles. The second-order valence-corrected chi connectivity index (χ2v) is 15.2. The number of nitrogens with zero attached hydrogens (tertiary/aromatic N) is 4. The Kier molecular flexibility index (Phi) is 8.58. The van der Waals surface area contributed by atoms with Crippen LogP contribution in [-0.4, -0.2) is 46.2 Å². The molecule has 10 rings (SSSR count). The Bertz CT molecular complexity index is 2600. The summed E-state index contributed by atoms with van der Waals surface area (Å²) in [6.45, 7) is 9.82. The molecule has 0 fully saturated rings. The van der Waals surface area contributed by atoms with Crippen LogP contribution in [0.1, 0.15) is 71.7 Å². The molecule has 0 radical (unpaired) electrons. The topological polar surface area (TPSA) is 170 Å². The van der Waals surface area contributed by atoms with E-state index in [0.29, 0.717) is 18.7 Å². The molecule has 6 aromatic heterocycles. The summed E-state index contributed by atoms with van der Waals surface area (Å²) >= 11 is 3.55. The first-order valence-corrected chi connectivity index (χ1v) is 18.2. The maximum absolute atomic E-state index is 12.6. The molecule has 266 valence electrons. The number of nitrogens with one attached hydrogen (secondary N) is 5. The number of benzene rings is 2. The molecule has 0 spiro atoms. The molecule has 12 heteroatoms. The lowest BCUT2D eigenvalue weighted by Gasteiger charge is -2.19. The van der Waals surface area contributed by atoms with Crippen LogP contribution in [0.5, 0.6) is 0 Å². The Labute approximate surface area is 314 Å². The summed E-state index contributed by atoms with van der Waals surface area (Å²) in [6, 6.07) is 23.5. The van der Waals surface area contributed by atoms with Crippen LogP contribution in [0.3, 0.4) is 0 Å². The summed E-state index contributed by atoms with van der Waals surface area (Å²) in [5, 5.41) is 19.9. The Hall–Kier alpha value is -5.85. The van der Waals surface area contributed by atoms with E-state index >= 15 is 0 Å². The van der Waals surface area contributed by atoms with Crippen LogP contribution in [-0.2, 0) is 23.9 Å². The average Bonchev–Trinajstić information content (AvgIpc) is 4.01. The van der Waals surface area contributed by atoms with Gasteiger partial charge in [-0.3, -0.25) is 25.0 Å². The quantitative estimate of drug-likeness (QED) is 0.106. The van der Waals surface area contributed by atoms with Gasteiger partial charge in [0, 0.05) is 72.7 Å². The number of carbonyl (C=O) groups is 1. The normalized spacial score (nSPS) is 14.0. The predicted octanol–water partition coefficient (Wildman–Crippen LogP) is 8.02. The van der Waals surface area contributed by atoms with E-state index in [2.05, 4.69) is 107 Å². The number of carbonyl (C=O) groups excluding carboxylic acids is 1. The number of aromatic amines is 4. The van der Waals surface area contributed by atoms with Crippen LogP contribution in [0, 0.1) is 0 Å². The van der Waals surface area contributed by atoms with Gasteiger partial charge in [0.05, 0.1) is 53.1 Å². The van der Waals surface area contributed by atoms with Crippen molar-refractivity contribution in [2.24, 2.45) is 5.73 Å². The largest absolute Gasteiger partial charge is 0.353 e. The monoisotopic (exact) mass is 766 g/mol. The van der Waals surface area contributed by atoms with Gasteiger partial charge >= 0.3 is 0 Å². The van der Waals surface area contributed by atoms with Crippen LogP contribution in [0.25, 0.3) is 44.6 Å². The van der Waals surface area contributed by atoms with Crippen molar-refractivity contribution in [3.63, 3.8) is 0 Å². The van der Waals surface area contributed by atoms with E-state index in [0.717, 1.165) is 43.8 Å². The van der Waals surface area contributed by atoms with Crippen molar-refractivity contribution >= 4 is 43.6 Å². The molecule has 0 bridgehead atoms. The molecular weight excluding hydrogens is 728 g/mol. The summed E-state index contributed by atoms with van der Waals surface area (Å²) in [5.74, 6) is -0.103. The molecule has 1 amide bonds. The van der Waals surface area contributed by atoms with Gasteiger partial charge in [0.15, 0.2) is 0 Å². The molecule has 0 saturated carbocycles. The molecule has 2 aromatic carbocycles. The third-order valence-electron chi connectivity index (χ3n) is 10.3. The van der Waals surface area contributed by atoms with Gasteiger partial charge < -0.3 is 21.0 Å². The van der Waals surface area contributed by atoms with E-state index < -0.39 is 0 Å². The fourth-order valence-corrected chi connectivity index (χ4v) is 8.00. The van der Waals surface area contributed by atoms with Gasteiger partial charge in [0.2, 0.25) is 0 Å². The van der Waals surface area contributed by atoms with E-state index in [1.54, 1.807) is 12.4 Å². The number of hydrogen-bond donors (Lipinski definition) is 6. The van der Waals surface area contributed by atoms with Crippen molar-refractivity contribution in [1.29, 1.82) is 0 Å². The zero-order valence-electron chi connectivity index (χ0n) is 29.8. The van der Waals surface area contributed by atoms with E-state index in [4.69, 9.17) is 5.73 Å². The molecule has 8 aromatic rings. The predicted molar refractivity (Wildman–Crippen MR) is 211 cm³/mol. The van der Waals surface area contributed by atoms with Crippen molar-refractivity contribution in [3.8, 4) is 22.8 Å². The molecular formula is C41H39BrN10O. The zero-order chi connectivity index (χ0) is 36.9. The van der Waals surface area contributed by atoms with Gasteiger partial charge in [-0.25, -0.2) is 0 Å². The zero-order valence-corrected chi connectivity index (χ0v) is 31.4. The lowest BCUT2D eigenvalue weighted by molar-refractivity contribution is 0.0950. The maximum atomic E-state index is 12.6. The Balaban J connectivity index is 0.000000131. The third-order valence-corrected chi connectivity index (χ3v) is 10.8. The molecule has 11 nitrogen and oxygen atoms in total. The highest BCUT2D eigenvalue weighted by Gasteiger charge is 2.41. The van der Waals surface area contributed by atoms with Gasteiger partial charge in [-0.2, -0.15) is 10.2 Å². The second kappa shape index (κ2) is 13.3. The van der Waals surface area contributed by atoms with Crippen LogP contribution in [0.15, 0.2) is 102 Å². The van der Waals surface area contributed by atoms with Gasteiger partial charge in [0.25, 0.3) is 5.91 Å². The number of H-pyrrole nitrogens is 4. The first-order valence-electron chi connectivity index (χ1n) is 17.4. The first-order chi connectivity index (χ1) is 25.6. The van der Waals surface area contributed by atoms with Crippen molar-refractivity contribution in [2.75, 3.05) is 0 Å². The van der Waals surface area contributed by atoms with Gasteiger partial charge in [-0.05, 0) is 71.8 Å². The number of amides is 1. The molecule has 2 aliphatic carbocycles. The summed E-state index contributed by atoms with van der Waals surface area (Å²) in [4.78, 5) is 27.9. The third kappa shape index (κ3) is 5.93. The number of rotatable bonds is 4. The summed E-state index contributed by atoms with van der Waals surface area (Å²) in [7, 11) is 0. The molecule has 0 atom stereocenters. The summed E-state index contributed by atoms with van der Waals surface area (Å²) in [6.07, 6.45) is 7.29. The summed E-state index contributed by atoms with van der Waals surface area (Å²) in [5.41, 5.74) is 19.2. The molecule has 7 N–H and O–H groups in total. The summed E-state index contributed by atoms with van der Waals surface area (Å²) < 4.78 is 1.11. The minimum absolute atomic E-state index is 0.00326.